The van der Waals surface area contributed by atoms with Gasteiger partial charge in [-0.05, 0) is 19.1 Å². The minimum atomic E-state index is -0.874. The van der Waals surface area contributed by atoms with E-state index in [1.54, 1.807) is 36.7 Å². The molecule has 2 atom stereocenters. The van der Waals surface area contributed by atoms with Crippen LogP contribution in [-0.4, -0.2) is 27.6 Å². The van der Waals surface area contributed by atoms with Crippen LogP contribution in [0.25, 0.3) is 4.96 Å². The van der Waals surface area contributed by atoms with Gasteiger partial charge < -0.3 is 14.2 Å². The zero-order chi connectivity index (χ0) is 17.4. The maximum Gasteiger partial charge on any atom is 0.351 e. The topological polar surface area (TPSA) is 79.1 Å². The first kappa shape index (κ1) is 15.6. The van der Waals surface area contributed by atoms with Crippen LogP contribution < -0.4 is 15.0 Å². The Hall–Kier alpha value is -2.87. The lowest BCUT2D eigenvalue weighted by atomic mass is 10.2. The van der Waals surface area contributed by atoms with E-state index in [-0.39, 0.29) is 12.2 Å². The Morgan fingerprint density at radius 1 is 1.32 bits per heavy atom. The number of rotatable bonds is 3. The van der Waals surface area contributed by atoms with Gasteiger partial charge in [-0.2, -0.15) is 0 Å². The molecule has 0 spiro atoms. The molecule has 2 aromatic heterocycles. The lowest BCUT2D eigenvalue weighted by Crippen LogP contribution is -2.44. The Labute approximate surface area is 146 Å². The van der Waals surface area contributed by atoms with Crippen molar-refractivity contribution in [2.24, 2.45) is 0 Å². The van der Waals surface area contributed by atoms with Crippen LogP contribution in [0.4, 0.5) is 0 Å². The highest BCUT2D eigenvalue weighted by molar-refractivity contribution is 7.15. The molecule has 7 nitrogen and oxygen atoms in total. The number of aromatic nitrogens is 2. The van der Waals surface area contributed by atoms with Gasteiger partial charge in [0.1, 0.15) is 12.7 Å². The van der Waals surface area contributed by atoms with Gasteiger partial charge >= 0.3 is 5.97 Å². The molecule has 0 fully saturated rings. The molecule has 25 heavy (non-hydrogen) atoms. The van der Waals surface area contributed by atoms with Gasteiger partial charge in [0.2, 0.25) is 6.10 Å². The van der Waals surface area contributed by atoms with Crippen LogP contribution in [0.2, 0.25) is 0 Å². The zero-order valence-corrected chi connectivity index (χ0v) is 14.1. The number of esters is 1. The Balaban J connectivity index is 1.47. The molecular weight excluding hydrogens is 344 g/mol. The molecule has 1 aromatic carbocycles. The Kier molecular flexibility index (Phi) is 3.89. The van der Waals surface area contributed by atoms with Crippen LogP contribution >= 0.6 is 11.3 Å². The molecule has 3 aromatic rings. The van der Waals surface area contributed by atoms with Gasteiger partial charge in [-0.3, -0.25) is 9.20 Å². The number of thiazole rings is 1. The van der Waals surface area contributed by atoms with Gasteiger partial charge in [0.25, 0.3) is 5.56 Å². The fraction of sp³-hybridized carbons (Fsp3) is 0.235. The van der Waals surface area contributed by atoms with Gasteiger partial charge in [-0.1, -0.05) is 12.1 Å². The third kappa shape index (κ3) is 2.96. The summed E-state index contributed by atoms with van der Waals surface area (Å²) >= 11 is 1.34. The maximum atomic E-state index is 12.4. The molecule has 0 amide bonds. The van der Waals surface area contributed by atoms with E-state index in [4.69, 9.17) is 14.2 Å². The van der Waals surface area contributed by atoms with E-state index in [1.807, 2.05) is 6.07 Å². The predicted molar refractivity (Wildman–Crippen MR) is 90.1 cm³/mol. The number of para-hydroxylation sites is 2. The Morgan fingerprint density at radius 2 is 2.08 bits per heavy atom. The summed E-state index contributed by atoms with van der Waals surface area (Å²) in [5.74, 6) is 0.533. The summed E-state index contributed by atoms with van der Waals surface area (Å²) < 4.78 is 18.1. The molecule has 1 aliphatic heterocycles. The van der Waals surface area contributed by atoms with Gasteiger partial charge in [0.15, 0.2) is 16.5 Å². The highest BCUT2D eigenvalue weighted by Gasteiger charge is 2.35. The van der Waals surface area contributed by atoms with Crippen LogP contribution in [0.15, 0.2) is 46.7 Å². The van der Waals surface area contributed by atoms with Crippen molar-refractivity contribution in [3.8, 4) is 11.5 Å². The third-order valence-corrected chi connectivity index (χ3v) is 4.55. The van der Waals surface area contributed by atoms with Crippen LogP contribution in [0.1, 0.15) is 12.6 Å². The number of nitrogens with zero attached hydrogens (tertiary/aromatic N) is 2. The van der Waals surface area contributed by atoms with E-state index in [2.05, 4.69) is 4.98 Å². The molecule has 0 unspecified atom stereocenters. The van der Waals surface area contributed by atoms with Crippen LogP contribution in [0.5, 0.6) is 11.5 Å². The number of hydrogen-bond donors (Lipinski definition) is 0. The number of ether oxygens (including phenoxy) is 3. The van der Waals surface area contributed by atoms with Crippen molar-refractivity contribution in [2.75, 3.05) is 0 Å². The molecule has 1 aliphatic rings. The standard InChI is InChI=1S/C17H14N2O5S/c1-10-15(24-13-5-3-2-4-12(13)23-10)16(21)22-9-11-8-14(20)19-6-7-25-17(19)18-11/h2-8,10,15H,9H2,1H3/t10-,15-/m0/s1. The molecule has 0 N–H and O–H groups in total. The average Bonchev–Trinajstić information content (AvgIpc) is 3.08. The van der Waals surface area contributed by atoms with Crippen LogP contribution in [0.3, 0.4) is 0 Å². The van der Waals surface area contributed by atoms with Crippen molar-refractivity contribution in [2.45, 2.75) is 25.7 Å². The second-order valence-electron chi connectivity index (χ2n) is 5.56. The SMILES string of the molecule is C[C@@H]1Oc2ccccc2O[C@@H]1C(=O)OCc1cc(=O)n2ccsc2n1. The van der Waals surface area contributed by atoms with Crippen molar-refractivity contribution >= 4 is 22.3 Å². The van der Waals surface area contributed by atoms with E-state index >= 15 is 0 Å². The molecule has 0 radical (unpaired) electrons. The van der Waals surface area contributed by atoms with E-state index < -0.39 is 18.2 Å². The van der Waals surface area contributed by atoms with Crippen molar-refractivity contribution in [1.29, 1.82) is 0 Å². The summed E-state index contributed by atoms with van der Waals surface area (Å²) in [7, 11) is 0. The summed E-state index contributed by atoms with van der Waals surface area (Å²) in [5, 5.41) is 1.77. The zero-order valence-electron chi connectivity index (χ0n) is 13.2. The number of hydrogen-bond acceptors (Lipinski definition) is 7. The minimum Gasteiger partial charge on any atom is -0.482 e. The van der Waals surface area contributed by atoms with E-state index in [1.165, 1.54) is 21.8 Å². The quantitative estimate of drug-likeness (QED) is 0.667. The third-order valence-electron chi connectivity index (χ3n) is 3.79. The summed E-state index contributed by atoms with van der Waals surface area (Å²) in [6, 6.07) is 8.49. The number of fused-ring (bicyclic) bond motifs is 2. The lowest BCUT2D eigenvalue weighted by molar-refractivity contribution is -0.159. The smallest absolute Gasteiger partial charge is 0.351 e. The van der Waals surface area contributed by atoms with Crippen LogP contribution in [-0.2, 0) is 16.1 Å². The molecule has 4 rings (SSSR count). The lowest BCUT2D eigenvalue weighted by Gasteiger charge is -2.30. The van der Waals surface area contributed by atoms with Gasteiger partial charge in [-0.15, -0.1) is 11.3 Å². The number of carbonyl (C=O) groups is 1. The first-order valence-electron chi connectivity index (χ1n) is 7.66. The van der Waals surface area contributed by atoms with Crippen molar-refractivity contribution in [1.82, 2.24) is 9.38 Å². The molecule has 0 bridgehead atoms. The highest BCUT2D eigenvalue weighted by atomic mass is 32.1. The molecule has 0 saturated heterocycles. The number of carbonyl (C=O) groups excluding carboxylic acids is 1. The highest BCUT2D eigenvalue weighted by Crippen LogP contribution is 2.33. The first-order chi connectivity index (χ1) is 12.1. The first-order valence-corrected chi connectivity index (χ1v) is 8.54. The van der Waals surface area contributed by atoms with E-state index in [0.29, 0.717) is 22.2 Å². The van der Waals surface area contributed by atoms with Gasteiger partial charge in [0, 0.05) is 17.6 Å². The van der Waals surface area contributed by atoms with E-state index in [9.17, 15) is 9.59 Å². The Morgan fingerprint density at radius 3 is 2.88 bits per heavy atom. The number of benzene rings is 1. The Bertz CT molecular complexity index is 996. The summed E-state index contributed by atoms with van der Waals surface area (Å²) in [5.41, 5.74) is 0.183. The molecule has 3 heterocycles. The van der Waals surface area contributed by atoms with Crippen molar-refractivity contribution < 1.29 is 19.0 Å². The second-order valence-corrected chi connectivity index (χ2v) is 6.43. The molecule has 128 valence electrons. The van der Waals surface area contributed by atoms with Crippen molar-refractivity contribution in [3.05, 3.63) is 58.0 Å². The predicted octanol–water partition coefficient (Wildman–Crippen LogP) is 2.03. The van der Waals surface area contributed by atoms with Gasteiger partial charge in [-0.25, -0.2) is 9.78 Å². The normalized spacial score (nSPS) is 18.9. The van der Waals surface area contributed by atoms with Crippen LogP contribution in [0, 0.1) is 0 Å². The van der Waals surface area contributed by atoms with Gasteiger partial charge in [0.05, 0.1) is 5.69 Å². The summed E-state index contributed by atoms with van der Waals surface area (Å²) in [6.07, 6.45) is 0.291. The maximum absolute atomic E-state index is 12.4. The molecular formula is C17H14N2O5S. The largest absolute Gasteiger partial charge is 0.482 e. The average molecular weight is 358 g/mol. The fourth-order valence-corrected chi connectivity index (χ4v) is 3.31. The monoisotopic (exact) mass is 358 g/mol. The summed E-state index contributed by atoms with van der Waals surface area (Å²) in [6.45, 7) is 1.64. The van der Waals surface area contributed by atoms with E-state index in [0.717, 1.165) is 0 Å². The fourth-order valence-electron chi connectivity index (χ4n) is 2.57. The molecule has 8 heteroatoms. The second kappa shape index (κ2) is 6.21. The minimum absolute atomic E-state index is 0.100. The molecule has 0 aliphatic carbocycles. The molecule has 0 saturated carbocycles. The van der Waals surface area contributed by atoms with Crippen molar-refractivity contribution in [3.63, 3.8) is 0 Å². The summed E-state index contributed by atoms with van der Waals surface area (Å²) in [4.78, 5) is 29.1.